The van der Waals surface area contributed by atoms with Gasteiger partial charge in [0.1, 0.15) is 0 Å². The van der Waals surface area contributed by atoms with E-state index in [2.05, 4.69) is 4.72 Å². The quantitative estimate of drug-likeness (QED) is 0.547. The minimum Gasteiger partial charge on any atom is -0.392 e. The Hall–Kier alpha value is -0.170. The van der Waals surface area contributed by atoms with Gasteiger partial charge in [0.05, 0.1) is 11.9 Å². The van der Waals surface area contributed by atoms with Gasteiger partial charge in [0, 0.05) is 20.3 Å². The molecule has 0 aromatic rings. The SMILES string of the molecule is COCCCS(=O)(=O)NC[C@@H](C)O. The van der Waals surface area contributed by atoms with Crippen LogP contribution in [0.5, 0.6) is 0 Å². The molecule has 13 heavy (non-hydrogen) atoms. The molecule has 2 N–H and O–H groups in total. The van der Waals surface area contributed by atoms with E-state index in [0.717, 1.165) is 0 Å². The molecule has 0 aliphatic carbocycles. The largest absolute Gasteiger partial charge is 0.392 e. The number of hydrogen-bond acceptors (Lipinski definition) is 4. The molecule has 5 nitrogen and oxygen atoms in total. The van der Waals surface area contributed by atoms with Crippen LogP contribution in [0, 0.1) is 0 Å². The summed E-state index contributed by atoms with van der Waals surface area (Å²) >= 11 is 0. The summed E-state index contributed by atoms with van der Waals surface area (Å²) in [5.41, 5.74) is 0. The van der Waals surface area contributed by atoms with Crippen LogP contribution < -0.4 is 4.72 Å². The Labute approximate surface area is 79.1 Å². The van der Waals surface area contributed by atoms with E-state index >= 15 is 0 Å². The van der Waals surface area contributed by atoms with Crippen LogP contribution in [0.15, 0.2) is 0 Å². The highest BCUT2D eigenvalue weighted by Gasteiger charge is 2.09. The van der Waals surface area contributed by atoms with Crippen molar-refractivity contribution in [3.63, 3.8) is 0 Å². The Kier molecular flexibility index (Phi) is 6.23. The number of methoxy groups -OCH3 is 1. The van der Waals surface area contributed by atoms with Gasteiger partial charge in [0.2, 0.25) is 10.0 Å². The first-order valence-corrected chi connectivity index (χ1v) is 5.77. The van der Waals surface area contributed by atoms with E-state index in [1.807, 2.05) is 0 Å². The van der Waals surface area contributed by atoms with Gasteiger partial charge in [-0.2, -0.15) is 0 Å². The third kappa shape index (κ3) is 8.17. The molecule has 0 radical (unpaired) electrons. The molecule has 0 fully saturated rings. The van der Waals surface area contributed by atoms with Crippen LogP contribution in [0.4, 0.5) is 0 Å². The topological polar surface area (TPSA) is 75.6 Å². The Morgan fingerprint density at radius 1 is 1.54 bits per heavy atom. The van der Waals surface area contributed by atoms with Crippen molar-refractivity contribution in [1.29, 1.82) is 0 Å². The number of rotatable bonds is 7. The van der Waals surface area contributed by atoms with E-state index < -0.39 is 16.1 Å². The molecule has 0 aliphatic rings. The second-order valence-corrected chi connectivity index (χ2v) is 4.79. The molecule has 0 aliphatic heterocycles. The Morgan fingerprint density at radius 2 is 2.15 bits per heavy atom. The number of sulfonamides is 1. The molecule has 0 aromatic heterocycles. The first-order valence-electron chi connectivity index (χ1n) is 4.12. The summed E-state index contributed by atoms with van der Waals surface area (Å²) in [5.74, 6) is 0.0353. The molecule has 0 heterocycles. The maximum absolute atomic E-state index is 11.1. The molecule has 1 atom stereocenters. The van der Waals surface area contributed by atoms with Crippen LogP contribution >= 0.6 is 0 Å². The lowest BCUT2D eigenvalue weighted by molar-refractivity contribution is 0.197. The number of ether oxygens (including phenoxy) is 1. The maximum Gasteiger partial charge on any atom is 0.211 e. The Balaban J connectivity index is 3.68. The summed E-state index contributed by atoms with van der Waals surface area (Å²) in [6, 6.07) is 0. The summed E-state index contributed by atoms with van der Waals surface area (Å²) < 4.78 is 29.3. The van der Waals surface area contributed by atoms with Crippen LogP contribution in [0.2, 0.25) is 0 Å². The van der Waals surface area contributed by atoms with Crippen LogP contribution in [0.1, 0.15) is 13.3 Å². The zero-order valence-electron chi connectivity index (χ0n) is 7.99. The predicted octanol–water partition coefficient (Wildman–Crippen LogP) is -0.677. The van der Waals surface area contributed by atoms with E-state index in [9.17, 15) is 8.42 Å². The van der Waals surface area contributed by atoms with Gasteiger partial charge in [-0.25, -0.2) is 13.1 Å². The fourth-order valence-corrected chi connectivity index (χ4v) is 1.85. The van der Waals surface area contributed by atoms with Crippen molar-refractivity contribution < 1.29 is 18.3 Å². The van der Waals surface area contributed by atoms with Gasteiger partial charge in [0.15, 0.2) is 0 Å². The molecule has 6 heteroatoms. The molecule has 0 unspecified atom stereocenters. The lowest BCUT2D eigenvalue weighted by atomic mass is 10.4. The summed E-state index contributed by atoms with van der Waals surface area (Å²) in [6.45, 7) is 2.02. The van der Waals surface area contributed by atoms with Crippen LogP contribution in [0.25, 0.3) is 0 Å². The van der Waals surface area contributed by atoms with E-state index in [0.29, 0.717) is 13.0 Å². The highest BCUT2D eigenvalue weighted by atomic mass is 32.2. The molecule has 0 bridgehead atoms. The number of aliphatic hydroxyl groups excluding tert-OH is 1. The monoisotopic (exact) mass is 211 g/mol. The van der Waals surface area contributed by atoms with Crippen molar-refractivity contribution in [1.82, 2.24) is 4.72 Å². The minimum atomic E-state index is -3.24. The van der Waals surface area contributed by atoms with Gasteiger partial charge < -0.3 is 9.84 Å². The van der Waals surface area contributed by atoms with Gasteiger partial charge in [-0.3, -0.25) is 0 Å². The summed E-state index contributed by atoms with van der Waals surface area (Å²) in [7, 11) is -1.72. The van der Waals surface area contributed by atoms with Crippen molar-refractivity contribution in [2.24, 2.45) is 0 Å². The van der Waals surface area contributed by atoms with Crippen LogP contribution in [-0.2, 0) is 14.8 Å². The van der Waals surface area contributed by atoms with Crippen molar-refractivity contribution in [3.05, 3.63) is 0 Å². The van der Waals surface area contributed by atoms with E-state index in [-0.39, 0.29) is 12.3 Å². The average Bonchev–Trinajstić information content (AvgIpc) is 2.02. The molecule has 80 valence electrons. The standard InChI is InChI=1S/C7H17NO4S/c1-7(9)6-8-13(10,11)5-3-4-12-2/h7-9H,3-6H2,1-2H3/t7-/m1/s1. The average molecular weight is 211 g/mol. The van der Waals surface area contributed by atoms with Crippen molar-refractivity contribution in [2.75, 3.05) is 26.0 Å². The highest BCUT2D eigenvalue weighted by molar-refractivity contribution is 7.89. The zero-order valence-corrected chi connectivity index (χ0v) is 8.80. The maximum atomic E-state index is 11.1. The molecular formula is C7H17NO4S. The minimum absolute atomic E-state index is 0.0353. The van der Waals surface area contributed by atoms with Gasteiger partial charge in [0.25, 0.3) is 0 Å². The smallest absolute Gasteiger partial charge is 0.211 e. The number of hydrogen-bond donors (Lipinski definition) is 2. The Bertz CT molecular complexity index is 213. The van der Waals surface area contributed by atoms with Crippen molar-refractivity contribution in [3.8, 4) is 0 Å². The number of nitrogens with one attached hydrogen (secondary N) is 1. The van der Waals surface area contributed by atoms with E-state index in [1.54, 1.807) is 0 Å². The first-order chi connectivity index (χ1) is 5.98. The van der Waals surface area contributed by atoms with Crippen molar-refractivity contribution in [2.45, 2.75) is 19.4 Å². The molecule has 0 saturated carbocycles. The summed E-state index contributed by atoms with van der Waals surface area (Å²) in [6.07, 6.45) is -0.191. The highest BCUT2D eigenvalue weighted by Crippen LogP contribution is 1.90. The first kappa shape index (κ1) is 12.8. The summed E-state index contributed by atoms with van der Waals surface area (Å²) in [5, 5.41) is 8.84. The molecule has 0 rings (SSSR count). The van der Waals surface area contributed by atoms with Crippen LogP contribution in [0.3, 0.4) is 0 Å². The molecule has 0 aromatic carbocycles. The molecule has 0 amide bonds. The lowest BCUT2D eigenvalue weighted by Crippen LogP contribution is -2.32. The fourth-order valence-electron chi connectivity index (χ4n) is 0.713. The van der Waals surface area contributed by atoms with Gasteiger partial charge >= 0.3 is 0 Å². The molecule has 0 saturated heterocycles. The van der Waals surface area contributed by atoms with Gasteiger partial charge in [-0.1, -0.05) is 0 Å². The van der Waals surface area contributed by atoms with Crippen LogP contribution in [-0.4, -0.2) is 45.6 Å². The van der Waals surface area contributed by atoms with Crippen molar-refractivity contribution >= 4 is 10.0 Å². The van der Waals surface area contributed by atoms with Gasteiger partial charge in [-0.05, 0) is 13.3 Å². The third-order valence-electron chi connectivity index (χ3n) is 1.36. The Morgan fingerprint density at radius 3 is 2.62 bits per heavy atom. The molecular weight excluding hydrogens is 194 g/mol. The number of aliphatic hydroxyl groups is 1. The molecule has 0 spiro atoms. The third-order valence-corrected chi connectivity index (χ3v) is 2.79. The fraction of sp³-hybridized carbons (Fsp3) is 1.00. The van der Waals surface area contributed by atoms with E-state index in [1.165, 1.54) is 14.0 Å². The second-order valence-electron chi connectivity index (χ2n) is 2.86. The second kappa shape index (κ2) is 6.31. The summed E-state index contributed by atoms with van der Waals surface area (Å²) in [4.78, 5) is 0. The zero-order chi connectivity index (χ0) is 10.3. The predicted molar refractivity (Wildman–Crippen MR) is 50.0 cm³/mol. The lowest BCUT2D eigenvalue weighted by Gasteiger charge is -2.07. The van der Waals surface area contributed by atoms with Gasteiger partial charge in [-0.15, -0.1) is 0 Å². The normalized spacial score (nSPS) is 14.4. The van der Waals surface area contributed by atoms with E-state index in [4.69, 9.17) is 9.84 Å².